The van der Waals surface area contributed by atoms with E-state index < -0.39 is 23.4 Å². The number of esters is 1. The molecule has 1 saturated heterocycles. The third-order valence-electron chi connectivity index (χ3n) is 7.90. The topological polar surface area (TPSA) is 107 Å². The highest BCUT2D eigenvalue weighted by Crippen LogP contribution is 2.52. The second-order valence-corrected chi connectivity index (χ2v) is 10.1. The van der Waals surface area contributed by atoms with Crippen LogP contribution in [0.1, 0.15) is 57.6 Å². The average molecular weight is 503 g/mol. The summed E-state index contributed by atoms with van der Waals surface area (Å²) in [6.07, 6.45) is 8.07. The standard InChI is InChI=1S/C27H38N2O7/c1-18-27(26(32)34-3)16-20(14-24(30)28-11-7-12-33-2)25(31)29(17-21-10-6-13-35-21)23(27)15-22(36-18)19-8-4-5-9-19/h6,10,13,15,18-20,22H,4-5,7-9,11-12,14,16-17H2,1-3H3,(H,28,30)/t18-,20+,22-,27+/m1/s1. The number of nitrogens with one attached hydrogen (secondary N) is 1. The third-order valence-corrected chi connectivity index (χ3v) is 7.90. The number of hydrogen-bond acceptors (Lipinski definition) is 7. The number of hydrogen-bond donors (Lipinski definition) is 1. The van der Waals surface area contributed by atoms with Crippen molar-refractivity contribution < 1.29 is 33.0 Å². The van der Waals surface area contributed by atoms with Gasteiger partial charge in [0.15, 0.2) is 0 Å². The first-order valence-electron chi connectivity index (χ1n) is 13.0. The van der Waals surface area contributed by atoms with Crippen LogP contribution in [-0.4, -0.2) is 62.3 Å². The molecule has 1 aromatic rings. The summed E-state index contributed by atoms with van der Waals surface area (Å²) in [6.45, 7) is 3.05. The molecule has 0 spiro atoms. The minimum Gasteiger partial charge on any atom is -0.468 e. The molecule has 2 aliphatic heterocycles. The van der Waals surface area contributed by atoms with Gasteiger partial charge in [-0.1, -0.05) is 12.8 Å². The van der Waals surface area contributed by atoms with E-state index in [0.717, 1.165) is 25.7 Å². The molecular weight excluding hydrogens is 464 g/mol. The molecule has 0 unspecified atom stereocenters. The van der Waals surface area contributed by atoms with Crippen molar-refractivity contribution in [3.8, 4) is 0 Å². The van der Waals surface area contributed by atoms with Crippen LogP contribution in [0.4, 0.5) is 0 Å². The first kappa shape index (κ1) is 26.4. The largest absolute Gasteiger partial charge is 0.468 e. The predicted molar refractivity (Wildman–Crippen MR) is 130 cm³/mol. The predicted octanol–water partition coefficient (Wildman–Crippen LogP) is 3.19. The van der Waals surface area contributed by atoms with E-state index in [1.807, 2.05) is 13.0 Å². The van der Waals surface area contributed by atoms with Gasteiger partial charge in [-0.3, -0.25) is 14.4 Å². The van der Waals surface area contributed by atoms with Crippen LogP contribution in [0, 0.1) is 17.3 Å². The molecule has 1 aliphatic carbocycles. The molecule has 1 aromatic heterocycles. The summed E-state index contributed by atoms with van der Waals surface area (Å²) in [5.41, 5.74) is -0.575. The molecule has 1 N–H and O–H groups in total. The Labute approximate surface area is 212 Å². The fourth-order valence-electron chi connectivity index (χ4n) is 6.01. The van der Waals surface area contributed by atoms with Gasteiger partial charge in [0.1, 0.15) is 11.2 Å². The van der Waals surface area contributed by atoms with E-state index in [-0.39, 0.29) is 37.3 Å². The molecule has 4 atom stereocenters. The van der Waals surface area contributed by atoms with Gasteiger partial charge in [-0.25, -0.2) is 0 Å². The Bertz CT molecular complexity index is 953. The van der Waals surface area contributed by atoms with Crippen LogP contribution in [0.5, 0.6) is 0 Å². The van der Waals surface area contributed by atoms with Crippen LogP contribution in [0.25, 0.3) is 0 Å². The van der Waals surface area contributed by atoms with E-state index in [1.54, 1.807) is 30.4 Å². The number of piperidine rings is 1. The van der Waals surface area contributed by atoms with Crippen molar-refractivity contribution in [2.45, 2.75) is 70.6 Å². The van der Waals surface area contributed by atoms with Crippen molar-refractivity contribution in [1.29, 1.82) is 0 Å². The molecule has 1 saturated carbocycles. The number of carbonyl (C=O) groups is 3. The fraction of sp³-hybridized carbons (Fsp3) is 0.667. The van der Waals surface area contributed by atoms with Crippen molar-refractivity contribution in [2.75, 3.05) is 27.4 Å². The van der Waals surface area contributed by atoms with Gasteiger partial charge in [0.25, 0.3) is 0 Å². The molecule has 0 bridgehead atoms. The van der Waals surface area contributed by atoms with Crippen LogP contribution in [0.15, 0.2) is 34.6 Å². The summed E-state index contributed by atoms with van der Waals surface area (Å²) in [5, 5.41) is 2.86. The van der Waals surface area contributed by atoms with E-state index in [4.69, 9.17) is 18.6 Å². The molecule has 36 heavy (non-hydrogen) atoms. The third kappa shape index (κ3) is 5.22. The van der Waals surface area contributed by atoms with Crippen LogP contribution < -0.4 is 5.32 Å². The van der Waals surface area contributed by atoms with Crippen molar-refractivity contribution in [2.24, 2.45) is 17.3 Å². The Morgan fingerprint density at radius 3 is 2.69 bits per heavy atom. The molecule has 9 nitrogen and oxygen atoms in total. The number of furan rings is 1. The molecule has 0 aromatic carbocycles. The van der Waals surface area contributed by atoms with Gasteiger partial charge < -0.3 is 28.8 Å². The monoisotopic (exact) mass is 502 g/mol. The first-order chi connectivity index (χ1) is 17.4. The number of ether oxygens (including phenoxy) is 3. The van der Waals surface area contributed by atoms with E-state index in [9.17, 15) is 14.4 Å². The van der Waals surface area contributed by atoms with Gasteiger partial charge in [0.05, 0.1) is 32.1 Å². The van der Waals surface area contributed by atoms with Gasteiger partial charge in [-0.2, -0.15) is 0 Å². The summed E-state index contributed by atoms with van der Waals surface area (Å²) in [6, 6.07) is 3.57. The lowest BCUT2D eigenvalue weighted by molar-refractivity contribution is -0.178. The van der Waals surface area contributed by atoms with E-state index in [1.165, 1.54) is 7.11 Å². The second-order valence-electron chi connectivity index (χ2n) is 10.1. The summed E-state index contributed by atoms with van der Waals surface area (Å²) in [4.78, 5) is 41.7. The lowest BCUT2D eigenvalue weighted by Gasteiger charge is -2.52. The number of amides is 2. The van der Waals surface area contributed by atoms with Crippen LogP contribution in [-0.2, 0) is 35.1 Å². The molecule has 0 radical (unpaired) electrons. The minimum atomic E-state index is -1.19. The van der Waals surface area contributed by atoms with Crippen LogP contribution in [0.3, 0.4) is 0 Å². The lowest BCUT2D eigenvalue weighted by Crippen LogP contribution is -2.60. The van der Waals surface area contributed by atoms with Gasteiger partial charge in [0.2, 0.25) is 11.8 Å². The summed E-state index contributed by atoms with van der Waals surface area (Å²) >= 11 is 0. The normalized spacial score (nSPS) is 28.5. The van der Waals surface area contributed by atoms with Crippen LogP contribution >= 0.6 is 0 Å². The lowest BCUT2D eigenvalue weighted by atomic mass is 9.66. The maximum absolute atomic E-state index is 13.9. The highest BCUT2D eigenvalue weighted by molar-refractivity contribution is 5.92. The number of carbonyl (C=O) groups excluding carboxylic acids is 3. The zero-order chi connectivity index (χ0) is 25.7. The second kappa shape index (κ2) is 11.6. The molecule has 2 fully saturated rings. The quantitative estimate of drug-likeness (QED) is 0.387. The van der Waals surface area contributed by atoms with Gasteiger partial charge in [0, 0.05) is 38.3 Å². The van der Waals surface area contributed by atoms with Crippen LogP contribution in [0.2, 0.25) is 0 Å². The highest BCUT2D eigenvalue weighted by Gasteiger charge is 2.60. The first-order valence-corrected chi connectivity index (χ1v) is 13.0. The van der Waals surface area contributed by atoms with Gasteiger partial charge in [-0.05, 0) is 56.7 Å². The molecule has 2 amide bonds. The Morgan fingerprint density at radius 2 is 2.03 bits per heavy atom. The van der Waals surface area contributed by atoms with Gasteiger partial charge in [-0.15, -0.1) is 0 Å². The Kier molecular flexibility index (Phi) is 8.51. The van der Waals surface area contributed by atoms with Crippen molar-refractivity contribution >= 4 is 17.8 Å². The fourth-order valence-corrected chi connectivity index (χ4v) is 6.01. The minimum absolute atomic E-state index is 0.0226. The molecule has 9 heteroatoms. The molecular formula is C27H38N2O7. The molecule has 3 aliphatic rings. The molecule has 4 rings (SSSR count). The number of nitrogens with zero attached hydrogens (tertiary/aromatic N) is 1. The van der Waals surface area contributed by atoms with E-state index in [2.05, 4.69) is 5.32 Å². The maximum Gasteiger partial charge on any atom is 0.320 e. The van der Waals surface area contributed by atoms with Crippen molar-refractivity contribution in [3.05, 3.63) is 35.9 Å². The maximum atomic E-state index is 13.9. The smallest absolute Gasteiger partial charge is 0.320 e. The number of fused-ring (bicyclic) bond motifs is 1. The SMILES string of the molecule is COCCCNC(=O)C[C@H]1C[C@@]2(C(=O)OC)C(=C[C@H](C3CCCC3)O[C@@H]2C)N(Cc2ccco2)C1=O. The van der Waals surface area contributed by atoms with E-state index >= 15 is 0 Å². The summed E-state index contributed by atoms with van der Waals surface area (Å²) < 4.78 is 22.4. The van der Waals surface area contributed by atoms with Gasteiger partial charge >= 0.3 is 5.97 Å². The van der Waals surface area contributed by atoms with Crippen molar-refractivity contribution in [3.63, 3.8) is 0 Å². The Morgan fingerprint density at radius 1 is 1.25 bits per heavy atom. The number of rotatable bonds is 10. The number of methoxy groups -OCH3 is 2. The highest BCUT2D eigenvalue weighted by atomic mass is 16.5. The molecule has 198 valence electrons. The zero-order valence-electron chi connectivity index (χ0n) is 21.5. The Balaban J connectivity index is 1.68. The summed E-state index contributed by atoms with van der Waals surface area (Å²) in [7, 11) is 2.97. The zero-order valence-corrected chi connectivity index (χ0v) is 21.5. The molecule has 3 heterocycles. The number of likely N-dealkylation sites (tertiary alicyclic amines) is 1. The Hall–Kier alpha value is -2.65. The van der Waals surface area contributed by atoms with E-state index in [0.29, 0.717) is 36.9 Å². The summed E-state index contributed by atoms with van der Waals surface area (Å²) in [5.74, 6) is -0.621. The average Bonchev–Trinajstić information content (AvgIpc) is 3.59. The van der Waals surface area contributed by atoms with Crippen molar-refractivity contribution in [1.82, 2.24) is 10.2 Å².